The van der Waals surface area contributed by atoms with E-state index in [0.29, 0.717) is 23.4 Å². The molecule has 26 heavy (non-hydrogen) atoms. The molecule has 6 nitrogen and oxygen atoms in total. The van der Waals surface area contributed by atoms with Crippen molar-refractivity contribution in [3.63, 3.8) is 0 Å². The number of alkyl halides is 1. The molecule has 136 valence electrons. The van der Waals surface area contributed by atoms with Crippen LogP contribution in [-0.2, 0) is 0 Å². The molecule has 0 radical (unpaired) electrons. The van der Waals surface area contributed by atoms with E-state index in [0.717, 1.165) is 0 Å². The zero-order valence-electron chi connectivity index (χ0n) is 13.7. The highest BCUT2D eigenvalue weighted by Crippen LogP contribution is 2.27. The lowest BCUT2D eigenvalue weighted by atomic mass is 10.1. The van der Waals surface area contributed by atoms with E-state index in [2.05, 4.69) is 5.32 Å². The van der Waals surface area contributed by atoms with Crippen molar-refractivity contribution >= 4 is 28.8 Å². The summed E-state index contributed by atoms with van der Waals surface area (Å²) in [7, 11) is 0. The number of nitrogens with zero attached hydrogens (tertiary/aromatic N) is 1. The number of benzene rings is 2. The fraction of sp³-hybridized carbons (Fsp3) is 0.167. The second-order valence-electron chi connectivity index (χ2n) is 5.18. The second kappa shape index (κ2) is 9.53. The van der Waals surface area contributed by atoms with E-state index in [4.69, 9.17) is 16.3 Å². The normalized spacial score (nSPS) is 10.7. The van der Waals surface area contributed by atoms with Gasteiger partial charge in [0.1, 0.15) is 10.8 Å². The van der Waals surface area contributed by atoms with E-state index in [1.165, 1.54) is 24.4 Å². The molecule has 2 aromatic carbocycles. The lowest BCUT2D eigenvalue weighted by Gasteiger charge is -2.05. The van der Waals surface area contributed by atoms with Gasteiger partial charge in [-0.15, -0.1) is 0 Å². The third-order valence-electron chi connectivity index (χ3n) is 3.31. The van der Waals surface area contributed by atoms with Crippen molar-refractivity contribution in [2.24, 2.45) is 0 Å². The average molecular weight is 379 g/mol. The molecule has 0 amide bonds. The van der Waals surface area contributed by atoms with Gasteiger partial charge in [-0.3, -0.25) is 19.3 Å². The Kier molecular flexibility index (Phi) is 7.11. The average Bonchev–Trinajstić information content (AvgIpc) is 2.63. The van der Waals surface area contributed by atoms with Crippen LogP contribution in [0.5, 0.6) is 5.75 Å². The molecule has 0 heterocycles. The minimum atomic E-state index is -0.584. The molecule has 1 N–H and O–H groups in total. The molecule has 2 rings (SSSR count). The number of ether oxygens (including phenoxy) is 1. The molecule has 8 heteroatoms. The predicted octanol–water partition coefficient (Wildman–Crippen LogP) is 4.80. The molecule has 0 aliphatic carbocycles. The first-order valence-electron chi connectivity index (χ1n) is 7.71. The fourth-order valence-electron chi connectivity index (χ4n) is 2.01. The van der Waals surface area contributed by atoms with Crippen molar-refractivity contribution < 1.29 is 18.8 Å². The van der Waals surface area contributed by atoms with E-state index in [1.54, 1.807) is 30.3 Å². The Hall–Kier alpha value is -2.93. The summed E-state index contributed by atoms with van der Waals surface area (Å²) in [4.78, 5) is 22.3. The Morgan fingerprint density at radius 2 is 2.00 bits per heavy atom. The van der Waals surface area contributed by atoms with E-state index < -0.39 is 11.6 Å². The van der Waals surface area contributed by atoms with Crippen LogP contribution in [0.25, 0.3) is 0 Å². The maximum absolute atomic E-state index is 12.1. The second-order valence-corrected chi connectivity index (χ2v) is 5.59. The number of halogens is 2. The molecule has 0 unspecified atom stereocenters. The Bertz CT molecular complexity index is 809. The number of carbonyl (C=O) groups is 1. The number of nitro groups is 1. The summed E-state index contributed by atoms with van der Waals surface area (Å²) < 4.78 is 17.3. The predicted molar refractivity (Wildman–Crippen MR) is 97.7 cm³/mol. The highest BCUT2D eigenvalue weighted by Gasteiger charge is 2.12. The summed E-state index contributed by atoms with van der Waals surface area (Å²) in [5.41, 5.74) is 0.657. The Labute approximate surface area is 154 Å². The maximum Gasteiger partial charge on any atom is 0.289 e. The van der Waals surface area contributed by atoms with E-state index in [9.17, 15) is 19.3 Å². The van der Waals surface area contributed by atoms with Gasteiger partial charge in [-0.05, 0) is 36.4 Å². The number of nitro benzene ring substituents is 1. The maximum atomic E-state index is 12.1. The first-order valence-corrected chi connectivity index (χ1v) is 8.09. The molecule has 0 aromatic heterocycles. The smallest absolute Gasteiger partial charge is 0.289 e. The minimum absolute atomic E-state index is 0.0365. The molecular formula is C18H16ClFN2O4. The van der Waals surface area contributed by atoms with Crippen molar-refractivity contribution in [1.82, 2.24) is 0 Å². The van der Waals surface area contributed by atoms with Gasteiger partial charge in [0.2, 0.25) is 0 Å². The molecule has 0 aliphatic rings. The van der Waals surface area contributed by atoms with Gasteiger partial charge in [0.25, 0.3) is 5.69 Å². The Morgan fingerprint density at radius 3 is 2.65 bits per heavy atom. The standard InChI is InChI=1S/C18H16ClFN2O4/c19-16-7-4-14(12-17(16)22(24)25)21-10-8-18(23)13-2-5-15(6-3-13)26-11-1-9-20/h2-8,10,12,21H,1,9,11H2. The summed E-state index contributed by atoms with van der Waals surface area (Å²) in [6, 6.07) is 10.7. The largest absolute Gasteiger partial charge is 0.493 e. The Morgan fingerprint density at radius 1 is 1.27 bits per heavy atom. The SMILES string of the molecule is O=C(C=CNc1ccc(Cl)c([N+](=O)[O-])c1)c1ccc(OCCCF)cc1. The van der Waals surface area contributed by atoms with Crippen LogP contribution in [0.4, 0.5) is 15.8 Å². The van der Waals surface area contributed by atoms with Gasteiger partial charge in [0, 0.05) is 36.0 Å². The number of hydrogen-bond donors (Lipinski definition) is 1. The highest BCUT2D eigenvalue weighted by atomic mass is 35.5. The zero-order valence-corrected chi connectivity index (χ0v) is 14.4. The number of anilines is 1. The first kappa shape index (κ1) is 19.4. The van der Waals surface area contributed by atoms with Crippen molar-refractivity contribution in [3.05, 3.63) is 75.4 Å². The van der Waals surface area contributed by atoms with Gasteiger partial charge in [0.15, 0.2) is 5.78 Å². The number of ketones is 1. The van der Waals surface area contributed by atoms with Gasteiger partial charge in [-0.2, -0.15) is 0 Å². The van der Waals surface area contributed by atoms with Crippen molar-refractivity contribution in [1.29, 1.82) is 0 Å². The monoisotopic (exact) mass is 378 g/mol. The van der Waals surface area contributed by atoms with Crippen LogP contribution in [0.2, 0.25) is 5.02 Å². The number of rotatable bonds is 9. The van der Waals surface area contributed by atoms with Gasteiger partial charge in [0.05, 0.1) is 18.2 Å². The zero-order chi connectivity index (χ0) is 18.9. The topological polar surface area (TPSA) is 81.5 Å². The third-order valence-corrected chi connectivity index (χ3v) is 3.63. The van der Waals surface area contributed by atoms with Crippen LogP contribution in [0, 0.1) is 10.1 Å². The molecule has 0 spiro atoms. The molecule has 0 aliphatic heterocycles. The summed E-state index contributed by atoms with van der Waals surface area (Å²) in [5.74, 6) is 0.307. The summed E-state index contributed by atoms with van der Waals surface area (Å²) in [5, 5.41) is 13.7. The molecule has 0 saturated heterocycles. The van der Waals surface area contributed by atoms with E-state index >= 15 is 0 Å². The van der Waals surface area contributed by atoms with Crippen LogP contribution in [0.15, 0.2) is 54.7 Å². The summed E-state index contributed by atoms with van der Waals surface area (Å²) >= 11 is 5.74. The lowest BCUT2D eigenvalue weighted by molar-refractivity contribution is -0.384. The number of hydrogen-bond acceptors (Lipinski definition) is 5. The van der Waals surface area contributed by atoms with E-state index in [1.807, 2.05) is 0 Å². The van der Waals surface area contributed by atoms with Gasteiger partial charge in [-0.25, -0.2) is 0 Å². The van der Waals surface area contributed by atoms with Crippen LogP contribution in [-0.4, -0.2) is 24.0 Å². The van der Waals surface area contributed by atoms with Crippen molar-refractivity contribution in [3.8, 4) is 5.75 Å². The molecule has 0 fully saturated rings. The van der Waals surface area contributed by atoms with E-state index in [-0.39, 0.29) is 23.1 Å². The van der Waals surface area contributed by atoms with Gasteiger partial charge in [-0.1, -0.05) is 11.6 Å². The molecule has 0 bridgehead atoms. The number of allylic oxidation sites excluding steroid dienone is 1. The first-order chi connectivity index (χ1) is 12.5. The summed E-state index contributed by atoms with van der Waals surface area (Å²) in [6.45, 7) is -0.161. The summed E-state index contributed by atoms with van der Waals surface area (Å²) in [6.07, 6.45) is 3.01. The fourth-order valence-corrected chi connectivity index (χ4v) is 2.20. The molecular weight excluding hydrogens is 363 g/mol. The lowest BCUT2D eigenvalue weighted by Crippen LogP contribution is -2.00. The van der Waals surface area contributed by atoms with Crippen LogP contribution in [0.3, 0.4) is 0 Å². The van der Waals surface area contributed by atoms with Crippen LogP contribution >= 0.6 is 11.6 Å². The van der Waals surface area contributed by atoms with Crippen molar-refractivity contribution in [2.75, 3.05) is 18.6 Å². The van der Waals surface area contributed by atoms with Crippen molar-refractivity contribution in [2.45, 2.75) is 6.42 Å². The molecule has 0 saturated carbocycles. The van der Waals surface area contributed by atoms with Gasteiger partial charge < -0.3 is 10.1 Å². The quantitative estimate of drug-likeness (QED) is 0.223. The minimum Gasteiger partial charge on any atom is -0.493 e. The molecule has 2 aromatic rings. The number of nitrogens with one attached hydrogen (secondary N) is 1. The highest BCUT2D eigenvalue weighted by molar-refractivity contribution is 6.32. The Balaban J connectivity index is 1.95. The van der Waals surface area contributed by atoms with Crippen LogP contribution < -0.4 is 10.1 Å². The third kappa shape index (κ3) is 5.56. The number of carbonyl (C=O) groups excluding carboxylic acids is 1. The van der Waals surface area contributed by atoms with Gasteiger partial charge >= 0.3 is 0 Å². The van der Waals surface area contributed by atoms with Crippen LogP contribution in [0.1, 0.15) is 16.8 Å². The molecule has 0 atom stereocenters.